The molecular formula is C13H19N3O3S. The van der Waals surface area contributed by atoms with Crippen molar-refractivity contribution in [1.82, 2.24) is 15.3 Å². The van der Waals surface area contributed by atoms with Gasteiger partial charge in [-0.3, -0.25) is 9.59 Å². The Morgan fingerprint density at radius 2 is 1.95 bits per heavy atom. The molecule has 0 bridgehead atoms. The van der Waals surface area contributed by atoms with Crippen molar-refractivity contribution < 1.29 is 14.7 Å². The van der Waals surface area contributed by atoms with Gasteiger partial charge in [-0.05, 0) is 25.8 Å². The molecule has 1 aromatic heterocycles. The van der Waals surface area contributed by atoms with Crippen molar-refractivity contribution in [3.05, 3.63) is 17.5 Å². The maximum absolute atomic E-state index is 11.6. The van der Waals surface area contributed by atoms with Gasteiger partial charge in [0.05, 0.1) is 5.75 Å². The molecule has 1 rings (SSSR count). The third-order valence-corrected chi connectivity index (χ3v) is 3.31. The molecule has 7 heteroatoms. The van der Waals surface area contributed by atoms with Crippen molar-refractivity contribution in [1.29, 1.82) is 0 Å². The number of aryl methyl sites for hydroxylation is 2. The Labute approximate surface area is 122 Å². The number of carbonyl (C=O) groups is 2. The first-order valence-electron chi connectivity index (χ1n) is 6.30. The quantitative estimate of drug-likeness (QED) is 0.584. The molecule has 0 aliphatic rings. The summed E-state index contributed by atoms with van der Waals surface area (Å²) in [7, 11) is 0. The lowest BCUT2D eigenvalue weighted by atomic mass is 10.1. The lowest BCUT2D eigenvalue weighted by Gasteiger charge is -2.10. The molecule has 2 N–H and O–H groups in total. The second-order valence-electron chi connectivity index (χ2n) is 4.73. The summed E-state index contributed by atoms with van der Waals surface area (Å²) in [5, 5.41) is 11.9. The second kappa shape index (κ2) is 7.84. The Bertz CT molecular complexity index is 473. The van der Waals surface area contributed by atoms with Gasteiger partial charge in [0.25, 0.3) is 0 Å². The van der Waals surface area contributed by atoms with Gasteiger partial charge in [-0.15, -0.1) is 0 Å². The van der Waals surface area contributed by atoms with Crippen molar-refractivity contribution in [3.63, 3.8) is 0 Å². The SMILES string of the molecule is Cc1cc(C)nc(SCC(=O)NCC(C)CC(=O)O)n1. The van der Waals surface area contributed by atoms with E-state index in [1.807, 2.05) is 19.9 Å². The van der Waals surface area contributed by atoms with Crippen LogP contribution in [0.2, 0.25) is 0 Å². The molecule has 0 radical (unpaired) electrons. The molecule has 110 valence electrons. The second-order valence-corrected chi connectivity index (χ2v) is 5.67. The number of carboxylic acid groups (broad SMARTS) is 1. The fourth-order valence-corrected chi connectivity index (χ4v) is 2.38. The van der Waals surface area contributed by atoms with Crippen LogP contribution in [0.5, 0.6) is 0 Å². The zero-order valence-corrected chi connectivity index (χ0v) is 12.7. The van der Waals surface area contributed by atoms with Gasteiger partial charge < -0.3 is 10.4 Å². The first-order chi connectivity index (χ1) is 9.36. The first-order valence-corrected chi connectivity index (χ1v) is 7.29. The molecule has 1 aromatic rings. The van der Waals surface area contributed by atoms with Crippen molar-refractivity contribution in [3.8, 4) is 0 Å². The number of carboxylic acids is 1. The molecule has 0 saturated heterocycles. The van der Waals surface area contributed by atoms with E-state index in [0.29, 0.717) is 11.7 Å². The monoisotopic (exact) mass is 297 g/mol. The summed E-state index contributed by atoms with van der Waals surface area (Å²) < 4.78 is 0. The van der Waals surface area contributed by atoms with E-state index >= 15 is 0 Å². The number of rotatable bonds is 7. The van der Waals surface area contributed by atoms with E-state index in [2.05, 4.69) is 15.3 Å². The number of thioether (sulfide) groups is 1. The summed E-state index contributed by atoms with van der Waals surface area (Å²) in [5.74, 6) is -0.860. The van der Waals surface area contributed by atoms with Crippen LogP contribution in [0.15, 0.2) is 11.2 Å². The van der Waals surface area contributed by atoms with Crippen LogP contribution in [0.4, 0.5) is 0 Å². The van der Waals surface area contributed by atoms with E-state index in [9.17, 15) is 9.59 Å². The normalized spacial score (nSPS) is 11.9. The molecule has 20 heavy (non-hydrogen) atoms. The Morgan fingerprint density at radius 1 is 1.35 bits per heavy atom. The summed E-state index contributed by atoms with van der Waals surface area (Å²) in [4.78, 5) is 30.6. The summed E-state index contributed by atoms with van der Waals surface area (Å²) in [6, 6.07) is 1.87. The van der Waals surface area contributed by atoms with Crippen LogP contribution in [0.25, 0.3) is 0 Å². The minimum atomic E-state index is -0.857. The molecule has 0 aliphatic heterocycles. The number of hydrogen-bond donors (Lipinski definition) is 2. The summed E-state index contributed by atoms with van der Waals surface area (Å²) >= 11 is 1.27. The lowest BCUT2D eigenvalue weighted by Crippen LogP contribution is -2.30. The molecule has 1 unspecified atom stereocenters. The number of amides is 1. The van der Waals surface area contributed by atoms with Gasteiger partial charge in [0.1, 0.15) is 0 Å². The van der Waals surface area contributed by atoms with Gasteiger partial charge in [-0.1, -0.05) is 18.7 Å². The van der Waals surface area contributed by atoms with Crippen LogP contribution in [0.3, 0.4) is 0 Å². The molecule has 0 spiro atoms. The van der Waals surface area contributed by atoms with Gasteiger partial charge in [0.15, 0.2) is 5.16 Å². The average molecular weight is 297 g/mol. The maximum atomic E-state index is 11.6. The minimum absolute atomic E-state index is 0.0492. The number of aromatic nitrogens is 2. The Morgan fingerprint density at radius 3 is 2.50 bits per heavy atom. The summed E-state index contributed by atoms with van der Waals surface area (Å²) in [6.07, 6.45) is 0.0492. The van der Waals surface area contributed by atoms with Crippen LogP contribution in [0, 0.1) is 19.8 Å². The molecule has 1 atom stereocenters. The van der Waals surface area contributed by atoms with Crippen molar-refractivity contribution in [2.75, 3.05) is 12.3 Å². The zero-order chi connectivity index (χ0) is 15.1. The van der Waals surface area contributed by atoms with Gasteiger partial charge in [0.2, 0.25) is 5.91 Å². The van der Waals surface area contributed by atoms with Crippen LogP contribution in [-0.4, -0.2) is 39.2 Å². The minimum Gasteiger partial charge on any atom is -0.481 e. The van der Waals surface area contributed by atoms with Crippen molar-refractivity contribution in [2.24, 2.45) is 5.92 Å². The maximum Gasteiger partial charge on any atom is 0.303 e. The van der Waals surface area contributed by atoms with Crippen LogP contribution < -0.4 is 5.32 Å². The molecule has 6 nitrogen and oxygen atoms in total. The lowest BCUT2D eigenvalue weighted by molar-refractivity contribution is -0.138. The largest absolute Gasteiger partial charge is 0.481 e. The van der Waals surface area contributed by atoms with E-state index in [1.165, 1.54) is 11.8 Å². The predicted octanol–water partition coefficient (Wildman–Crippen LogP) is 1.41. The summed E-state index contributed by atoms with van der Waals surface area (Å²) in [5.41, 5.74) is 1.74. The highest BCUT2D eigenvalue weighted by molar-refractivity contribution is 7.99. The third-order valence-electron chi connectivity index (χ3n) is 2.46. The molecule has 1 heterocycles. The molecule has 0 aliphatic carbocycles. The Balaban J connectivity index is 2.34. The smallest absolute Gasteiger partial charge is 0.303 e. The number of aliphatic carboxylic acids is 1. The zero-order valence-electron chi connectivity index (χ0n) is 11.8. The van der Waals surface area contributed by atoms with Gasteiger partial charge in [-0.2, -0.15) is 0 Å². The topological polar surface area (TPSA) is 92.2 Å². The fourth-order valence-electron chi connectivity index (χ4n) is 1.60. The van der Waals surface area contributed by atoms with Crippen LogP contribution >= 0.6 is 11.8 Å². The highest BCUT2D eigenvalue weighted by Crippen LogP contribution is 2.13. The number of nitrogens with one attached hydrogen (secondary N) is 1. The summed E-state index contributed by atoms with van der Waals surface area (Å²) in [6.45, 7) is 5.91. The van der Waals surface area contributed by atoms with Gasteiger partial charge >= 0.3 is 5.97 Å². The van der Waals surface area contributed by atoms with Crippen LogP contribution in [-0.2, 0) is 9.59 Å². The van der Waals surface area contributed by atoms with Crippen LogP contribution in [0.1, 0.15) is 24.7 Å². The first kappa shape index (κ1) is 16.4. The molecular weight excluding hydrogens is 278 g/mol. The third kappa shape index (κ3) is 6.51. The molecule has 1 amide bonds. The number of nitrogens with zero attached hydrogens (tertiary/aromatic N) is 2. The van der Waals surface area contributed by atoms with E-state index in [0.717, 1.165) is 11.4 Å². The van der Waals surface area contributed by atoms with Crippen molar-refractivity contribution >= 4 is 23.6 Å². The Kier molecular flexibility index (Phi) is 6.44. The number of hydrogen-bond acceptors (Lipinski definition) is 5. The highest BCUT2D eigenvalue weighted by atomic mass is 32.2. The average Bonchev–Trinajstić information content (AvgIpc) is 2.32. The standard InChI is InChI=1S/C13H19N3O3S/c1-8(4-12(18)19)6-14-11(17)7-20-13-15-9(2)5-10(3)16-13/h5,8H,4,6-7H2,1-3H3,(H,14,17)(H,18,19). The molecule has 0 saturated carbocycles. The predicted molar refractivity (Wildman–Crippen MR) is 76.7 cm³/mol. The molecule has 0 fully saturated rings. The number of carbonyl (C=O) groups excluding carboxylic acids is 1. The van der Waals surface area contributed by atoms with Gasteiger partial charge in [-0.25, -0.2) is 9.97 Å². The highest BCUT2D eigenvalue weighted by Gasteiger charge is 2.10. The fraction of sp³-hybridized carbons (Fsp3) is 0.538. The van der Waals surface area contributed by atoms with E-state index < -0.39 is 5.97 Å². The van der Waals surface area contributed by atoms with E-state index in [-0.39, 0.29) is 24.0 Å². The van der Waals surface area contributed by atoms with E-state index in [4.69, 9.17) is 5.11 Å². The van der Waals surface area contributed by atoms with E-state index in [1.54, 1.807) is 6.92 Å². The molecule has 0 aromatic carbocycles. The Hall–Kier alpha value is -1.63. The van der Waals surface area contributed by atoms with Crippen molar-refractivity contribution in [2.45, 2.75) is 32.3 Å². The van der Waals surface area contributed by atoms with Gasteiger partial charge in [0, 0.05) is 24.4 Å².